The number of aliphatic hydroxyl groups is 1. The highest BCUT2D eigenvalue weighted by Gasteiger charge is 2.25. The van der Waals surface area contributed by atoms with E-state index in [2.05, 4.69) is 15.9 Å². The number of hydrogen-bond acceptors (Lipinski definition) is 1. The van der Waals surface area contributed by atoms with Gasteiger partial charge in [0.05, 0.1) is 15.6 Å². The molecule has 0 radical (unpaired) electrons. The van der Waals surface area contributed by atoms with E-state index >= 15 is 0 Å². The summed E-state index contributed by atoms with van der Waals surface area (Å²) in [6, 6.07) is 13.1. The molecule has 0 bridgehead atoms. The lowest BCUT2D eigenvalue weighted by Crippen LogP contribution is -2.24. The molecule has 0 spiro atoms. The molecule has 0 saturated heterocycles. The molecule has 1 atom stereocenters. The standard InChI is InChI=1S/C15H13BrCl2O/c1-15(19,11-4-2-3-5-12(11)16)9-10-6-7-13(17)14(18)8-10/h2-8,19H,9H2,1H3. The summed E-state index contributed by atoms with van der Waals surface area (Å²) in [6.45, 7) is 1.79. The van der Waals surface area contributed by atoms with Gasteiger partial charge in [-0.15, -0.1) is 0 Å². The highest BCUT2D eigenvalue weighted by Crippen LogP contribution is 2.32. The first-order valence-electron chi connectivity index (χ1n) is 5.81. The molecule has 4 heteroatoms. The first-order valence-corrected chi connectivity index (χ1v) is 7.36. The zero-order chi connectivity index (χ0) is 14.0. The van der Waals surface area contributed by atoms with Gasteiger partial charge in [0.1, 0.15) is 0 Å². The minimum atomic E-state index is -0.975. The zero-order valence-electron chi connectivity index (χ0n) is 10.3. The van der Waals surface area contributed by atoms with E-state index in [-0.39, 0.29) is 0 Å². The molecule has 0 aliphatic heterocycles. The molecule has 0 saturated carbocycles. The van der Waals surface area contributed by atoms with Crippen molar-refractivity contribution in [3.8, 4) is 0 Å². The molecule has 0 aliphatic rings. The minimum absolute atomic E-state index is 0.465. The fraction of sp³-hybridized carbons (Fsp3) is 0.200. The van der Waals surface area contributed by atoms with Gasteiger partial charge in [-0.2, -0.15) is 0 Å². The van der Waals surface area contributed by atoms with Crippen LogP contribution >= 0.6 is 39.1 Å². The highest BCUT2D eigenvalue weighted by atomic mass is 79.9. The number of rotatable bonds is 3. The summed E-state index contributed by atoms with van der Waals surface area (Å²) in [7, 11) is 0. The van der Waals surface area contributed by atoms with Gasteiger partial charge >= 0.3 is 0 Å². The van der Waals surface area contributed by atoms with E-state index in [1.54, 1.807) is 19.1 Å². The van der Waals surface area contributed by atoms with Crippen LogP contribution in [0.5, 0.6) is 0 Å². The Kier molecular flexibility index (Phi) is 4.57. The molecule has 2 aromatic carbocycles. The van der Waals surface area contributed by atoms with Gasteiger partial charge in [-0.3, -0.25) is 0 Å². The third-order valence-corrected chi connectivity index (χ3v) is 4.42. The second-order valence-corrected chi connectivity index (χ2v) is 6.35. The number of hydrogen-bond donors (Lipinski definition) is 1. The molecule has 0 aliphatic carbocycles. The smallest absolute Gasteiger partial charge is 0.0919 e. The summed E-state index contributed by atoms with van der Waals surface area (Å²) in [5.74, 6) is 0. The normalized spacial score (nSPS) is 14.2. The van der Waals surface area contributed by atoms with Crippen LogP contribution in [0.1, 0.15) is 18.1 Å². The van der Waals surface area contributed by atoms with Crippen molar-refractivity contribution in [3.63, 3.8) is 0 Å². The maximum absolute atomic E-state index is 10.7. The van der Waals surface area contributed by atoms with Gasteiger partial charge in [-0.25, -0.2) is 0 Å². The van der Waals surface area contributed by atoms with Gasteiger partial charge in [0.25, 0.3) is 0 Å². The van der Waals surface area contributed by atoms with E-state index in [9.17, 15) is 5.11 Å². The Labute approximate surface area is 131 Å². The van der Waals surface area contributed by atoms with Crippen LogP contribution in [-0.2, 0) is 12.0 Å². The Morgan fingerprint density at radius 2 is 1.79 bits per heavy atom. The van der Waals surface area contributed by atoms with Crippen LogP contribution < -0.4 is 0 Å². The zero-order valence-corrected chi connectivity index (χ0v) is 13.4. The van der Waals surface area contributed by atoms with Gasteiger partial charge < -0.3 is 5.11 Å². The average Bonchev–Trinajstić information content (AvgIpc) is 2.34. The SMILES string of the molecule is CC(O)(Cc1ccc(Cl)c(Cl)c1)c1ccccc1Br. The van der Waals surface area contributed by atoms with Crippen molar-refractivity contribution >= 4 is 39.1 Å². The van der Waals surface area contributed by atoms with Crippen LogP contribution in [-0.4, -0.2) is 5.11 Å². The van der Waals surface area contributed by atoms with Crippen LogP contribution in [0.2, 0.25) is 10.0 Å². The van der Waals surface area contributed by atoms with Crippen LogP contribution in [0, 0.1) is 0 Å². The van der Waals surface area contributed by atoms with E-state index in [0.29, 0.717) is 16.5 Å². The Balaban J connectivity index is 2.31. The van der Waals surface area contributed by atoms with Crippen molar-refractivity contribution in [2.45, 2.75) is 18.9 Å². The maximum Gasteiger partial charge on any atom is 0.0919 e. The Morgan fingerprint density at radius 3 is 2.42 bits per heavy atom. The topological polar surface area (TPSA) is 20.2 Å². The Bertz CT molecular complexity index is 596. The van der Waals surface area contributed by atoms with Gasteiger partial charge in [0.2, 0.25) is 0 Å². The highest BCUT2D eigenvalue weighted by molar-refractivity contribution is 9.10. The Hall–Kier alpha value is -0.540. The van der Waals surface area contributed by atoms with Crippen molar-refractivity contribution in [3.05, 3.63) is 68.1 Å². The summed E-state index contributed by atoms with van der Waals surface area (Å²) in [4.78, 5) is 0. The second-order valence-electron chi connectivity index (χ2n) is 4.68. The van der Waals surface area contributed by atoms with E-state index in [0.717, 1.165) is 15.6 Å². The van der Waals surface area contributed by atoms with Crippen molar-refractivity contribution in [2.24, 2.45) is 0 Å². The van der Waals surface area contributed by atoms with Crippen LogP contribution in [0.4, 0.5) is 0 Å². The summed E-state index contributed by atoms with van der Waals surface area (Å²) in [6.07, 6.45) is 0.465. The summed E-state index contributed by atoms with van der Waals surface area (Å²) in [5, 5.41) is 11.7. The summed E-state index contributed by atoms with van der Waals surface area (Å²) < 4.78 is 0.889. The monoisotopic (exact) mass is 358 g/mol. The van der Waals surface area contributed by atoms with Crippen molar-refractivity contribution in [2.75, 3.05) is 0 Å². The predicted molar refractivity (Wildman–Crippen MR) is 83.9 cm³/mol. The molecule has 2 rings (SSSR count). The molecule has 0 fully saturated rings. The van der Waals surface area contributed by atoms with Gasteiger partial charge in [0.15, 0.2) is 0 Å². The van der Waals surface area contributed by atoms with Gasteiger partial charge in [-0.1, -0.05) is 63.4 Å². The van der Waals surface area contributed by atoms with Gasteiger partial charge in [0, 0.05) is 10.9 Å². The molecule has 0 aromatic heterocycles. The fourth-order valence-corrected chi connectivity index (χ4v) is 3.07. The maximum atomic E-state index is 10.7. The molecule has 1 unspecified atom stereocenters. The molecule has 0 heterocycles. The van der Waals surface area contributed by atoms with Crippen LogP contribution in [0.3, 0.4) is 0 Å². The molecule has 2 aromatic rings. The molecule has 100 valence electrons. The lowest BCUT2D eigenvalue weighted by Gasteiger charge is -2.25. The second kappa shape index (κ2) is 5.84. The van der Waals surface area contributed by atoms with Crippen molar-refractivity contribution in [1.29, 1.82) is 0 Å². The first-order chi connectivity index (χ1) is 8.90. The van der Waals surface area contributed by atoms with Crippen molar-refractivity contribution < 1.29 is 5.11 Å². The molecule has 0 amide bonds. The largest absolute Gasteiger partial charge is 0.385 e. The predicted octanol–water partition coefficient (Wildman–Crippen LogP) is 5.21. The summed E-state index contributed by atoms with van der Waals surface area (Å²) >= 11 is 15.4. The van der Waals surface area contributed by atoms with E-state index in [1.165, 1.54) is 0 Å². The number of halogens is 3. The van der Waals surface area contributed by atoms with E-state index in [1.807, 2.05) is 30.3 Å². The number of benzene rings is 2. The van der Waals surface area contributed by atoms with Crippen LogP contribution in [0.25, 0.3) is 0 Å². The minimum Gasteiger partial charge on any atom is -0.385 e. The molecule has 19 heavy (non-hydrogen) atoms. The Morgan fingerprint density at radius 1 is 1.11 bits per heavy atom. The third-order valence-electron chi connectivity index (χ3n) is 2.99. The molecule has 1 nitrogen and oxygen atoms in total. The first kappa shape index (κ1) is 14.9. The molecular formula is C15H13BrCl2O. The molecular weight excluding hydrogens is 347 g/mol. The average molecular weight is 360 g/mol. The van der Waals surface area contributed by atoms with E-state index in [4.69, 9.17) is 23.2 Å². The van der Waals surface area contributed by atoms with Gasteiger partial charge in [-0.05, 0) is 36.2 Å². The molecule has 1 N–H and O–H groups in total. The van der Waals surface area contributed by atoms with E-state index < -0.39 is 5.60 Å². The lowest BCUT2D eigenvalue weighted by molar-refractivity contribution is 0.0569. The van der Waals surface area contributed by atoms with Crippen molar-refractivity contribution in [1.82, 2.24) is 0 Å². The lowest BCUT2D eigenvalue weighted by atomic mass is 9.89. The third kappa shape index (κ3) is 3.51. The quantitative estimate of drug-likeness (QED) is 0.797. The fourth-order valence-electron chi connectivity index (χ4n) is 2.04. The van der Waals surface area contributed by atoms with Crippen LogP contribution in [0.15, 0.2) is 46.9 Å². The summed E-state index contributed by atoms with van der Waals surface area (Å²) in [5.41, 5.74) is 0.813.